The lowest BCUT2D eigenvalue weighted by molar-refractivity contribution is -0.141. The van der Waals surface area contributed by atoms with Crippen LogP contribution >= 0.6 is 0 Å². The number of nitrogens with zero attached hydrogens (tertiary/aromatic N) is 2. The minimum atomic E-state index is -4.58. The van der Waals surface area contributed by atoms with Crippen molar-refractivity contribution in [1.82, 2.24) is 4.98 Å². The zero-order chi connectivity index (χ0) is 12.5. The van der Waals surface area contributed by atoms with Gasteiger partial charge < -0.3 is 4.98 Å². The van der Waals surface area contributed by atoms with E-state index >= 15 is 0 Å². The van der Waals surface area contributed by atoms with E-state index in [-0.39, 0.29) is 16.8 Å². The molecule has 0 aromatic carbocycles. The van der Waals surface area contributed by atoms with Crippen LogP contribution in [-0.2, 0) is 6.18 Å². The topological polar surface area (TPSA) is 63.4 Å². The van der Waals surface area contributed by atoms with E-state index in [1.165, 1.54) is 0 Å². The van der Waals surface area contributed by atoms with Crippen molar-refractivity contribution >= 4 is 0 Å². The Labute approximate surface area is 90.1 Å². The van der Waals surface area contributed by atoms with Crippen molar-refractivity contribution in [3.8, 4) is 12.1 Å². The maximum absolute atomic E-state index is 12.6. The molecule has 0 saturated carbocycles. The summed E-state index contributed by atoms with van der Waals surface area (Å²) < 4.78 is 37.9. The van der Waals surface area contributed by atoms with Gasteiger partial charge in [0.25, 0.3) is 0 Å². The van der Waals surface area contributed by atoms with E-state index in [1.807, 2.05) is 4.98 Å². The standard InChI is InChI=1S/C10H8F3N3/c1-5(2)8-6(3-14)7(4-15)16-9(8)10(11,12)13/h5,16H,1-2H3. The molecular weight excluding hydrogens is 219 g/mol. The number of hydrogen-bond acceptors (Lipinski definition) is 2. The minimum Gasteiger partial charge on any atom is -0.341 e. The number of nitrogens with one attached hydrogen (secondary N) is 1. The van der Waals surface area contributed by atoms with Crippen LogP contribution in [0.4, 0.5) is 13.2 Å². The van der Waals surface area contributed by atoms with E-state index in [1.54, 1.807) is 26.0 Å². The van der Waals surface area contributed by atoms with Gasteiger partial charge in [0.05, 0.1) is 5.56 Å². The summed E-state index contributed by atoms with van der Waals surface area (Å²) in [5.74, 6) is -0.482. The molecule has 1 rings (SSSR count). The highest BCUT2D eigenvalue weighted by atomic mass is 19.4. The zero-order valence-electron chi connectivity index (χ0n) is 8.61. The Hall–Kier alpha value is -1.95. The summed E-state index contributed by atoms with van der Waals surface area (Å²) in [6.07, 6.45) is -4.58. The molecule has 0 amide bonds. The van der Waals surface area contributed by atoms with E-state index in [4.69, 9.17) is 10.5 Å². The first-order valence-electron chi connectivity index (χ1n) is 4.46. The Bertz CT molecular complexity index is 483. The fraction of sp³-hybridized carbons (Fsp3) is 0.400. The zero-order valence-corrected chi connectivity index (χ0v) is 8.61. The Morgan fingerprint density at radius 3 is 2.06 bits per heavy atom. The highest BCUT2D eigenvalue weighted by molar-refractivity contribution is 5.52. The second-order valence-electron chi connectivity index (χ2n) is 3.54. The summed E-state index contributed by atoms with van der Waals surface area (Å²) in [5, 5.41) is 17.4. The number of rotatable bonds is 1. The van der Waals surface area contributed by atoms with Gasteiger partial charge in [0, 0.05) is 5.56 Å². The Balaban J connectivity index is 3.60. The van der Waals surface area contributed by atoms with Crippen molar-refractivity contribution in [2.75, 3.05) is 0 Å². The molecule has 0 spiro atoms. The predicted molar refractivity (Wildman–Crippen MR) is 49.3 cm³/mol. The van der Waals surface area contributed by atoms with Gasteiger partial charge in [-0.15, -0.1) is 0 Å². The molecule has 1 aromatic heterocycles. The van der Waals surface area contributed by atoms with Crippen molar-refractivity contribution in [3.05, 3.63) is 22.5 Å². The third-order valence-electron chi connectivity index (χ3n) is 2.12. The normalized spacial score (nSPS) is 11.2. The molecule has 0 aliphatic rings. The van der Waals surface area contributed by atoms with Gasteiger partial charge in [0.1, 0.15) is 23.5 Å². The highest BCUT2D eigenvalue weighted by Gasteiger charge is 2.38. The smallest absolute Gasteiger partial charge is 0.341 e. The summed E-state index contributed by atoms with van der Waals surface area (Å²) in [5.41, 5.74) is -1.70. The van der Waals surface area contributed by atoms with Crippen molar-refractivity contribution in [1.29, 1.82) is 10.5 Å². The number of hydrogen-bond donors (Lipinski definition) is 1. The summed E-state index contributed by atoms with van der Waals surface area (Å²) in [7, 11) is 0. The number of alkyl halides is 3. The third kappa shape index (κ3) is 1.87. The number of nitriles is 2. The van der Waals surface area contributed by atoms with Gasteiger partial charge in [-0.1, -0.05) is 13.8 Å². The number of aromatic amines is 1. The molecule has 0 aliphatic heterocycles. The van der Waals surface area contributed by atoms with Gasteiger partial charge in [0.15, 0.2) is 0 Å². The quantitative estimate of drug-likeness (QED) is 0.801. The van der Waals surface area contributed by atoms with E-state index < -0.39 is 17.8 Å². The average molecular weight is 227 g/mol. The van der Waals surface area contributed by atoms with Crippen LogP contribution in [0.3, 0.4) is 0 Å². The molecule has 6 heteroatoms. The van der Waals surface area contributed by atoms with Crippen molar-refractivity contribution in [3.63, 3.8) is 0 Å². The molecule has 0 radical (unpaired) electrons. The number of aromatic nitrogens is 1. The van der Waals surface area contributed by atoms with Crippen LogP contribution in [0.2, 0.25) is 0 Å². The molecule has 1 N–H and O–H groups in total. The number of H-pyrrole nitrogens is 1. The highest BCUT2D eigenvalue weighted by Crippen LogP contribution is 2.37. The van der Waals surface area contributed by atoms with Gasteiger partial charge in [-0.05, 0) is 5.92 Å². The van der Waals surface area contributed by atoms with Gasteiger partial charge in [0.2, 0.25) is 0 Å². The first-order chi connectivity index (χ1) is 7.32. The van der Waals surface area contributed by atoms with Crippen LogP contribution in [-0.4, -0.2) is 4.98 Å². The Kier molecular flexibility index (Phi) is 2.95. The lowest BCUT2D eigenvalue weighted by atomic mass is 9.98. The lowest BCUT2D eigenvalue weighted by Gasteiger charge is -2.10. The summed E-state index contributed by atoms with van der Waals surface area (Å²) in [6.45, 7) is 3.08. The SMILES string of the molecule is CC(C)c1c(C(F)(F)F)[nH]c(C#N)c1C#N. The van der Waals surface area contributed by atoms with E-state index in [9.17, 15) is 13.2 Å². The second kappa shape index (κ2) is 3.90. The van der Waals surface area contributed by atoms with Gasteiger partial charge in [-0.3, -0.25) is 0 Å². The van der Waals surface area contributed by atoms with E-state index in [0.717, 1.165) is 0 Å². The average Bonchev–Trinajstić information content (AvgIpc) is 2.54. The molecule has 0 saturated heterocycles. The van der Waals surface area contributed by atoms with E-state index in [0.29, 0.717) is 0 Å². The van der Waals surface area contributed by atoms with Crippen molar-refractivity contribution in [2.24, 2.45) is 0 Å². The molecule has 1 heterocycles. The lowest BCUT2D eigenvalue weighted by Crippen LogP contribution is -2.10. The molecule has 0 atom stereocenters. The first-order valence-corrected chi connectivity index (χ1v) is 4.46. The van der Waals surface area contributed by atoms with Crippen LogP contribution < -0.4 is 0 Å². The molecule has 3 nitrogen and oxygen atoms in total. The van der Waals surface area contributed by atoms with Crippen LogP contribution in [0.25, 0.3) is 0 Å². The summed E-state index contributed by atoms with van der Waals surface area (Å²) in [4.78, 5) is 1.96. The maximum atomic E-state index is 12.6. The van der Waals surface area contributed by atoms with Crippen LogP contribution in [0.1, 0.15) is 42.3 Å². The largest absolute Gasteiger partial charge is 0.431 e. The van der Waals surface area contributed by atoms with E-state index in [2.05, 4.69) is 0 Å². The minimum absolute atomic E-state index is 0.147. The molecular formula is C10H8F3N3. The van der Waals surface area contributed by atoms with Gasteiger partial charge >= 0.3 is 6.18 Å². The second-order valence-corrected chi connectivity index (χ2v) is 3.54. The fourth-order valence-electron chi connectivity index (χ4n) is 1.52. The Morgan fingerprint density at radius 2 is 1.75 bits per heavy atom. The number of halogens is 3. The van der Waals surface area contributed by atoms with Crippen LogP contribution in [0.5, 0.6) is 0 Å². The molecule has 16 heavy (non-hydrogen) atoms. The van der Waals surface area contributed by atoms with Crippen LogP contribution in [0.15, 0.2) is 0 Å². The monoisotopic (exact) mass is 227 g/mol. The van der Waals surface area contributed by atoms with Gasteiger partial charge in [-0.2, -0.15) is 23.7 Å². The van der Waals surface area contributed by atoms with Gasteiger partial charge in [-0.25, -0.2) is 0 Å². The van der Waals surface area contributed by atoms with Crippen molar-refractivity contribution < 1.29 is 13.2 Å². The Morgan fingerprint density at radius 1 is 1.19 bits per heavy atom. The summed E-state index contributed by atoms with van der Waals surface area (Å²) >= 11 is 0. The maximum Gasteiger partial charge on any atom is 0.431 e. The molecule has 0 unspecified atom stereocenters. The summed E-state index contributed by atoms with van der Waals surface area (Å²) in [6, 6.07) is 3.19. The molecule has 1 aromatic rings. The fourth-order valence-corrected chi connectivity index (χ4v) is 1.52. The van der Waals surface area contributed by atoms with Crippen molar-refractivity contribution in [2.45, 2.75) is 25.9 Å². The molecule has 0 bridgehead atoms. The van der Waals surface area contributed by atoms with Crippen LogP contribution in [0, 0.1) is 22.7 Å². The third-order valence-corrected chi connectivity index (χ3v) is 2.12. The molecule has 84 valence electrons. The molecule has 0 fully saturated rings. The molecule has 0 aliphatic carbocycles. The predicted octanol–water partition coefficient (Wildman–Crippen LogP) is 2.90. The first kappa shape index (κ1) is 12.1.